The number of nitrogens with zero attached hydrogens (tertiary/aromatic N) is 1. The number of hydrogen-bond donors (Lipinski definition) is 2. The molecule has 0 aromatic rings. The maximum absolute atomic E-state index is 5.95. The Morgan fingerprint density at radius 2 is 2.15 bits per heavy atom. The van der Waals surface area contributed by atoms with Gasteiger partial charge in [-0.25, -0.2) is 0 Å². The van der Waals surface area contributed by atoms with E-state index in [2.05, 4.69) is 24.3 Å². The third-order valence-electron chi connectivity index (χ3n) is 2.76. The molecule has 0 spiro atoms. The molecular weight excluding hydrogens is 162 g/mol. The highest BCUT2D eigenvalue weighted by Gasteiger charge is 2.22. The fourth-order valence-corrected chi connectivity index (χ4v) is 1.92. The normalized spacial score (nSPS) is 28.6. The lowest BCUT2D eigenvalue weighted by molar-refractivity contribution is 0.381. The van der Waals surface area contributed by atoms with Crippen molar-refractivity contribution in [1.29, 1.82) is 0 Å². The molecule has 0 heterocycles. The Labute approximate surface area is 81.7 Å². The van der Waals surface area contributed by atoms with Crippen LogP contribution in [0.15, 0.2) is 0 Å². The average molecular weight is 185 g/mol. The second-order valence-corrected chi connectivity index (χ2v) is 4.31. The maximum atomic E-state index is 5.95. The topological polar surface area (TPSA) is 41.3 Å². The van der Waals surface area contributed by atoms with Crippen molar-refractivity contribution in [3.05, 3.63) is 0 Å². The summed E-state index contributed by atoms with van der Waals surface area (Å²) in [5.74, 6) is 0. The van der Waals surface area contributed by atoms with E-state index in [0.29, 0.717) is 12.1 Å². The van der Waals surface area contributed by atoms with E-state index in [9.17, 15) is 0 Å². The van der Waals surface area contributed by atoms with Gasteiger partial charge in [0.15, 0.2) is 0 Å². The summed E-state index contributed by atoms with van der Waals surface area (Å²) in [6.45, 7) is 2.27. The molecule has 0 radical (unpaired) electrons. The van der Waals surface area contributed by atoms with Gasteiger partial charge < -0.3 is 16.0 Å². The van der Waals surface area contributed by atoms with Crippen LogP contribution in [0.25, 0.3) is 0 Å². The predicted molar refractivity (Wildman–Crippen MR) is 56.8 cm³/mol. The zero-order valence-electron chi connectivity index (χ0n) is 8.92. The van der Waals surface area contributed by atoms with E-state index in [4.69, 9.17) is 5.73 Å². The molecule has 1 aliphatic rings. The minimum Gasteiger partial charge on any atom is -0.326 e. The number of rotatable bonds is 5. The Kier molecular flexibility index (Phi) is 4.70. The summed E-state index contributed by atoms with van der Waals surface area (Å²) in [5.41, 5.74) is 5.95. The molecule has 3 heteroatoms. The first-order chi connectivity index (χ1) is 6.20. The fraction of sp³-hybridized carbons (Fsp3) is 1.00. The first-order valence-electron chi connectivity index (χ1n) is 5.34. The summed E-state index contributed by atoms with van der Waals surface area (Å²) in [5, 5.41) is 3.54. The molecule has 0 saturated heterocycles. The van der Waals surface area contributed by atoms with Crippen molar-refractivity contribution in [3.63, 3.8) is 0 Å². The van der Waals surface area contributed by atoms with Crippen LogP contribution >= 0.6 is 0 Å². The van der Waals surface area contributed by atoms with Crippen LogP contribution in [-0.4, -0.2) is 44.2 Å². The van der Waals surface area contributed by atoms with Gasteiger partial charge in [0.25, 0.3) is 0 Å². The maximum Gasteiger partial charge on any atom is 0.0219 e. The highest BCUT2D eigenvalue weighted by atomic mass is 15.1. The molecule has 1 saturated carbocycles. The van der Waals surface area contributed by atoms with Crippen LogP contribution in [0, 0.1) is 0 Å². The Morgan fingerprint density at radius 1 is 1.38 bits per heavy atom. The zero-order chi connectivity index (χ0) is 9.68. The van der Waals surface area contributed by atoms with Crippen LogP contribution in [0.2, 0.25) is 0 Å². The molecule has 13 heavy (non-hydrogen) atoms. The van der Waals surface area contributed by atoms with Gasteiger partial charge in [-0.3, -0.25) is 0 Å². The molecule has 3 N–H and O–H groups in total. The molecule has 2 atom stereocenters. The van der Waals surface area contributed by atoms with Crippen molar-refractivity contribution in [1.82, 2.24) is 10.2 Å². The molecule has 0 amide bonds. The third kappa shape index (κ3) is 4.07. The Bertz CT molecular complexity index is 136. The van der Waals surface area contributed by atoms with E-state index in [1.54, 1.807) is 0 Å². The van der Waals surface area contributed by atoms with Crippen molar-refractivity contribution < 1.29 is 0 Å². The highest BCUT2D eigenvalue weighted by molar-refractivity contribution is 4.85. The largest absolute Gasteiger partial charge is 0.326 e. The average Bonchev–Trinajstić information content (AvgIpc) is 2.45. The number of nitrogens with two attached hydrogens (primary N) is 1. The van der Waals surface area contributed by atoms with Gasteiger partial charge in [-0.1, -0.05) is 6.42 Å². The molecule has 0 aromatic carbocycles. The molecule has 3 nitrogen and oxygen atoms in total. The molecule has 1 rings (SSSR count). The predicted octanol–water partition coefficient (Wildman–Crippen LogP) is 0.408. The van der Waals surface area contributed by atoms with E-state index in [1.807, 2.05) is 0 Å². The number of nitrogens with one attached hydrogen (secondary N) is 1. The van der Waals surface area contributed by atoms with Crippen molar-refractivity contribution >= 4 is 0 Å². The van der Waals surface area contributed by atoms with E-state index < -0.39 is 0 Å². The standard InChI is InChI=1S/C10H23N3/c1-13(2)8-4-7-12-10-6-3-5-9(10)11/h9-10,12H,3-8,11H2,1-2H3/t9-,10-/m1/s1. The monoisotopic (exact) mass is 185 g/mol. The second-order valence-electron chi connectivity index (χ2n) is 4.31. The molecule has 0 unspecified atom stereocenters. The second kappa shape index (κ2) is 5.58. The Balaban J connectivity index is 1.99. The molecule has 1 aliphatic carbocycles. The molecule has 78 valence electrons. The summed E-state index contributed by atoms with van der Waals surface area (Å²) in [6, 6.07) is 0.988. The van der Waals surface area contributed by atoms with Crippen LogP contribution in [0.1, 0.15) is 25.7 Å². The van der Waals surface area contributed by atoms with Crippen molar-refractivity contribution in [2.45, 2.75) is 37.8 Å². The van der Waals surface area contributed by atoms with Gasteiger partial charge in [0.2, 0.25) is 0 Å². The van der Waals surface area contributed by atoms with Crippen LogP contribution in [0.4, 0.5) is 0 Å². The summed E-state index contributed by atoms with van der Waals surface area (Å²) >= 11 is 0. The Morgan fingerprint density at radius 3 is 2.69 bits per heavy atom. The van der Waals surface area contributed by atoms with Crippen LogP contribution < -0.4 is 11.1 Å². The van der Waals surface area contributed by atoms with Crippen LogP contribution in [0.3, 0.4) is 0 Å². The number of hydrogen-bond acceptors (Lipinski definition) is 3. The van der Waals surface area contributed by atoms with Gasteiger partial charge in [-0.2, -0.15) is 0 Å². The molecular formula is C10H23N3. The summed E-state index contributed by atoms with van der Waals surface area (Å²) in [7, 11) is 4.22. The highest BCUT2D eigenvalue weighted by Crippen LogP contribution is 2.16. The lowest BCUT2D eigenvalue weighted by Gasteiger charge is -2.17. The smallest absolute Gasteiger partial charge is 0.0219 e. The summed E-state index contributed by atoms with van der Waals surface area (Å²) in [4.78, 5) is 2.22. The van der Waals surface area contributed by atoms with E-state index in [0.717, 1.165) is 13.1 Å². The van der Waals surface area contributed by atoms with Gasteiger partial charge in [-0.15, -0.1) is 0 Å². The van der Waals surface area contributed by atoms with Gasteiger partial charge in [0.1, 0.15) is 0 Å². The van der Waals surface area contributed by atoms with Crippen molar-refractivity contribution in [2.75, 3.05) is 27.2 Å². The van der Waals surface area contributed by atoms with E-state index in [1.165, 1.54) is 25.7 Å². The molecule has 0 aliphatic heterocycles. The first kappa shape index (κ1) is 11.0. The van der Waals surface area contributed by atoms with Crippen molar-refractivity contribution in [2.24, 2.45) is 5.73 Å². The molecule has 0 aromatic heterocycles. The zero-order valence-corrected chi connectivity index (χ0v) is 8.92. The Hall–Kier alpha value is -0.120. The van der Waals surface area contributed by atoms with Gasteiger partial charge in [-0.05, 0) is 46.4 Å². The van der Waals surface area contributed by atoms with Gasteiger partial charge in [0, 0.05) is 12.1 Å². The lowest BCUT2D eigenvalue weighted by Crippen LogP contribution is -2.41. The minimum absolute atomic E-state index is 0.402. The SMILES string of the molecule is CN(C)CCCN[C@@H]1CCC[C@H]1N. The van der Waals surface area contributed by atoms with Crippen LogP contribution in [0.5, 0.6) is 0 Å². The van der Waals surface area contributed by atoms with Gasteiger partial charge >= 0.3 is 0 Å². The summed E-state index contributed by atoms with van der Waals surface area (Å²) in [6.07, 6.45) is 4.98. The lowest BCUT2D eigenvalue weighted by atomic mass is 10.2. The van der Waals surface area contributed by atoms with Gasteiger partial charge in [0.05, 0.1) is 0 Å². The molecule has 0 bridgehead atoms. The quantitative estimate of drug-likeness (QED) is 0.610. The van der Waals surface area contributed by atoms with Crippen molar-refractivity contribution in [3.8, 4) is 0 Å². The first-order valence-corrected chi connectivity index (χ1v) is 5.34. The minimum atomic E-state index is 0.402. The summed E-state index contributed by atoms with van der Waals surface area (Å²) < 4.78 is 0. The third-order valence-corrected chi connectivity index (χ3v) is 2.76. The van der Waals surface area contributed by atoms with E-state index >= 15 is 0 Å². The fourth-order valence-electron chi connectivity index (χ4n) is 1.92. The molecule has 1 fully saturated rings. The van der Waals surface area contributed by atoms with E-state index in [-0.39, 0.29) is 0 Å². The van der Waals surface area contributed by atoms with Crippen LogP contribution in [-0.2, 0) is 0 Å².